The van der Waals surface area contributed by atoms with E-state index in [9.17, 15) is 18.3 Å². The largest absolute Gasteiger partial charge is 0.421 e. The molecule has 1 nitrogen and oxygen atoms in total. The Labute approximate surface area is 96.5 Å². The third kappa shape index (κ3) is 2.00. The number of hydrogen-bond acceptors (Lipinski definition) is 1. The van der Waals surface area contributed by atoms with Gasteiger partial charge in [-0.2, -0.15) is 13.2 Å². The fraction of sp³-hybridized carbons (Fsp3) is 0.231. The molecular formula is C13H11F3O. The highest BCUT2D eigenvalue weighted by molar-refractivity contribution is 5.83. The first-order valence-electron chi connectivity index (χ1n) is 5.11. The summed E-state index contributed by atoms with van der Waals surface area (Å²) in [6, 6.07) is 11.3. The SMILES string of the molecule is CC(O)(c1ccc2ccccc2c1)C(F)(F)F. The number of hydrogen-bond donors (Lipinski definition) is 1. The lowest BCUT2D eigenvalue weighted by Crippen LogP contribution is -2.39. The van der Waals surface area contributed by atoms with Crippen molar-refractivity contribution in [3.8, 4) is 0 Å². The number of fused-ring (bicyclic) bond motifs is 1. The van der Waals surface area contributed by atoms with Crippen molar-refractivity contribution in [1.82, 2.24) is 0 Å². The van der Waals surface area contributed by atoms with Crippen LogP contribution in [0.15, 0.2) is 42.5 Å². The standard InChI is InChI=1S/C13H11F3O/c1-12(17,13(14,15)16)11-7-6-9-4-2-3-5-10(9)8-11/h2-8,17H,1H3. The van der Waals surface area contributed by atoms with Gasteiger partial charge in [-0.15, -0.1) is 0 Å². The van der Waals surface area contributed by atoms with Gasteiger partial charge in [-0.1, -0.05) is 36.4 Å². The summed E-state index contributed by atoms with van der Waals surface area (Å²) >= 11 is 0. The minimum absolute atomic E-state index is 0.149. The summed E-state index contributed by atoms with van der Waals surface area (Å²) in [6.07, 6.45) is -4.69. The summed E-state index contributed by atoms with van der Waals surface area (Å²) < 4.78 is 38.0. The Morgan fingerprint density at radius 1 is 0.941 bits per heavy atom. The zero-order valence-corrected chi connectivity index (χ0v) is 9.12. The highest BCUT2D eigenvalue weighted by Gasteiger charge is 2.51. The van der Waals surface area contributed by atoms with Crippen LogP contribution in [0, 0.1) is 0 Å². The van der Waals surface area contributed by atoms with E-state index >= 15 is 0 Å². The van der Waals surface area contributed by atoms with E-state index in [1.54, 1.807) is 24.3 Å². The van der Waals surface area contributed by atoms with Crippen molar-refractivity contribution in [2.75, 3.05) is 0 Å². The quantitative estimate of drug-likeness (QED) is 0.807. The van der Waals surface area contributed by atoms with Crippen LogP contribution in [0.25, 0.3) is 10.8 Å². The van der Waals surface area contributed by atoms with Crippen LogP contribution >= 0.6 is 0 Å². The lowest BCUT2D eigenvalue weighted by molar-refractivity contribution is -0.258. The molecule has 0 heterocycles. The number of aliphatic hydroxyl groups is 1. The lowest BCUT2D eigenvalue weighted by Gasteiger charge is -2.26. The molecule has 1 atom stereocenters. The highest BCUT2D eigenvalue weighted by Crippen LogP contribution is 2.39. The Balaban J connectivity index is 2.57. The molecule has 1 N–H and O–H groups in total. The lowest BCUT2D eigenvalue weighted by atomic mass is 9.93. The summed E-state index contributed by atoms with van der Waals surface area (Å²) in [4.78, 5) is 0. The van der Waals surface area contributed by atoms with Gasteiger partial charge >= 0.3 is 6.18 Å². The molecule has 0 amide bonds. The molecule has 2 rings (SSSR count). The Morgan fingerprint density at radius 3 is 2.12 bits per heavy atom. The number of benzene rings is 2. The predicted molar refractivity (Wildman–Crippen MR) is 59.6 cm³/mol. The van der Waals surface area contributed by atoms with E-state index in [0.717, 1.165) is 12.3 Å². The smallest absolute Gasteiger partial charge is 0.376 e. The summed E-state index contributed by atoms with van der Waals surface area (Å²) in [5, 5.41) is 11.1. The molecular weight excluding hydrogens is 229 g/mol. The second-order valence-corrected chi connectivity index (χ2v) is 4.13. The topological polar surface area (TPSA) is 20.2 Å². The number of alkyl halides is 3. The normalized spacial score (nSPS) is 15.8. The van der Waals surface area contributed by atoms with Crippen molar-refractivity contribution in [1.29, 1.82) is 0 Å². The molecule has 0 aromatic heterocycles. The zero-order chi connectivity index (χ0) is 12.7. The van der Waals surface area contributed by atoms with E-state index in [1.165, 1.54) is 12.1 Å². The Hall–Kier alpha value is -1.55. The minimum atomic E-state index is -4.69. The van der Waals surface area contributed by atoms with Crippen LogP contribution in [0.1, 0.15) is 12.5 Å². The van der Waals surface area contributed by atoms with Gasteiger partial charge in [0.2, 0.25) is 0 Å². The maximum absolute atomic E-state index is 12.7. The monoisotopic (exact) mass is 240 g/mol. The molecule has 2 aromatic carbocycles. The molecule has 0 saturated carbocycles. The molecule has 0 radical (unpaired) electrons. The number of halogens is 3. The predicted octanol–water partition coefficient (Wildman–Crippen LogP) is 3.61. The van der Waals surface area contributed by atoms with Gasteiger partial charge in [-0.05, 0) is 29.3 Å². The fourth-order valence-corrected chi connectivity index (χ4v) is 1.66. The van der Waals surface area contributed by atoms with Gasteiger partial charge in [0.25, 0.3) is 0 Å². The molecule has 1 unspecified atom stereocenters. The van der Waals surface area contributed by atoms with Crippen LogP contribution in [0.5, 0.6) is 0 Å². The average molecular weight is 240 g/mol. The van der Waals surface area contributed by atoms with Crippen LogP contribution in [0.2, 0.25) is 0 Å². The van der Waals surface area contributed by atoms with Crippen molar-refractivity contribution in [3.63, 3.8) is 0 Å². The first-order chi connectivity index (χ1) is 7.82. The average Bonchev–Trinajstić information content (AvgIpc) is 2.27. The first kappa shape index (κ1) is 11.9. The molecule has 17 heavy (non-hydrogen) atoms. The zero-order valence-electron chi connectivity index (χ0n) is 9.12. The molecule has 0 aliphatic heterocycles. The first-order valence-corrected chi connectivity index (χ1v) is 5.11. The van der Waals surface area contributed by atoms with E-state index in [1.807, 2.05) is 6.07 Å². The van der Waals surface area contributed by atoms with Crippen molar-refractivity contribution in [2.24, 2.45) is 0 Å². The maximum Gasteiger partial charge on any atom is 0.421 e. The second-order valence-electron chi connectivity index (χ2n) is 4.13. The van der Waals surface area contributed by atoms with Crippen molar-refractivity contribution in [3.05, 3.63) is 48.0 Å². The molecule has 0 fully saturated rings. The van der Waals surface area contributed by atoms with E-state index in [4.69, 9.17) is 0 Å². The molecule has 0 aliphatic rings. The molecule has 0 bridgehead atoms. The van der Waals surface area contributed by atoms with E-state index < -0.39 is 11.8 Å². The van der Waals surface area contributed by atoms with E-state index in [-0.39, 0.29) is 5.56 Å². The van der Waals surface area contributed by atoms with Crippen LogP contribution in [0.4, 0.5) is 13.2 Å². The maximum atomic E-state index is 12.7. The van der Waals surface area contributed by atoms with E-state index in [2.05, 4.69) is 0 Å². The van der Waals surface area contributed by atoms with Gasteiger partial charge in [0, 0.05) is 0 Å². The molecule has 90 valence electrons. The van der Waals surface area contributed by atoms with E-state index in [0.29, 0.717) is 5.39 Å². The van der Waals surface area contributed by atoms with Gasteiger partial charge in [-0.3, -0.25) is 0 Å². The van der Waals surface area contributed by atoms with Gasteiger partial charge < -0.3 is 5.11 Å². The third-order valence-electron chi connectivity index (χ3n) is 2.86. The third-order valence-corrected chi connectivity index (χ3v) is 2.86. The van der Waals surface area contributed by atoms with Crippen LogP contribution in [-0.2, 0) is 5.60 Å². The summed E-state index contributed by atoms with van der Waals surface area (Å²) in [6.45, 7) is 0.761. The summed E-state index contributed by atoms with van der Waals surface area (Å²) in [5.74, 6) is 0. The van der Waals surface area contributed by atoms with Crippen LogP contribution < -0.4 is 0 Å². The van der Waals surface area contributed by atoms with Gasteiger partial charge in [-0.25, -0.2) is 0 Å². The van der Waals surface area contributed by atoms with Crippen molar-refractivity contribution < 1.29 is 18.3 Å². The van der Waals surface area contributed by atoms with Gasteiger partial charge in [0.05, 0.1) is 0 Å². The Bertz CT molecular complexity index is 544. The fourth-order valence-electron chi connectivity index (χ4n) is 1.66. The Kier molecular flexibility index (Phi) is 2.62. The van der Waals surface area contributed by atoms with Crippen LogP contribution in [0.3, 0.4) is 0 Å². The molecule has 0 saturated heterocycles. The Morgan fingerprint density at radius 2 is 1.53 bits per heavy atom. The summed E-state index contributed by atoms with van der Waals surface area (Å²) in [7, 11) is 0. The van der Waals surface area contributed by atoms with Gasteiger partial charge in [0.1, 0.15) is 0 Å². The van der Waals surface area contributed by atoms with Crippen molar-refractivity contribution >= 4 is 10.8 Å². The molecule has 0 aliphatic carbocycles. The molecule has 0 spiro atoms. The molecule has 2 aromatic rings. The summed E-state index contributed by atoms with van der Waals surface area (Å²) in [5.41, 5.74) is -2.97. The molecule has 4 heteroatoms. The highest BCUT2D eigenvalue weighted by atomic mass is 19.4. The minimum Gasteiger partial charge on any atom is -0.376 e. The van der Waals surface area contributed by atoms with Crippen molar-refractivity contribution in [2.45, 2.75) is 18.7 Å². The van der Waals surface area contributed by atoms with Crippen LogP contribution in [-0.4, -0.2) is 11.3 Å². The second kappa shape index (κ2) is 3.74. The number of rotatable bonds is 1. The van der Waals surface area contributed by atoms with Gasteiger partial charge in [0.15, 0.2) is 5.60 Å².